The summed E-state index contributed by atoms with van der Waals surface area (Å²) in [6, 6.07) is 6.31. The number of rotatable bonds is 5. The van der Waals surface area contributed by atoms with Crippen LogP contribution in [0.3, 0.4) is 0 Å². The van der Waals surface area contributed by atoms with Crippen molar-refractivity contribution < 1.29 is 14.3 Å². The number of hydrogen-bond donors (Lipinski definition) is 1. The van der Waals surface area contributed by atoms with Crippen molar-refractivity contribution in [1.82, 2.24) is 9.80 Å². The molecule has 0 saturated carbocycles. The Labute approximate surface area is 131 Å². The number of carbonyl (C=O) groups excluding carboxylic acids is 1. The van der Waals surface area contributed by atoms with E-state index in [0.29, 0.717) is 5.56 Å². The van der Waals surface area contributed by atoms with E-state index in [0.717, 1.165) is 32.2 Å². The fourth-order valence-electron chi connectivity index (χ4n) is 2.99. The van der Waals surface area contributed by atoms with E-state index in [-0.39, 0.29) is 37.5 Å². The molecule has 5 heteroatoms. The van der Waals surface area contributed by atoms with Crippen LogP contribution < -0.4 is 0 Å². The predicted molar refractivity (Wildman–Crippen MR) is 83.8 cm³/mol. The normalized spacial score (nSPS) is 19.7. The van der Waals surface area contributed by atoms with E-state index < -0.39 is 0 Å². The Morgan fingerprint density at radius 2 is 2.14 bits per heavy atom. The van der Waals surface area contributed by atoms with Crippen molar-refractivity contribution in [2.45, 2.75) is 38.3 Å². The van der Waals surface area contributed by atoms with Crippen LogP contribution in [0.1, 0.15) is 31.2 Å². The first-order chi connectivity index (χ1) is 10.6. The molecule has 22 heavy (non-hydrogen) atoms. The highest BCUT2D eigenvalue weighted by molar-refractivity contribution is 5.82. The average molecular weight is 308 g/mol. The van der Waals surface area contributed by atoms with Crippen molar-refractivity contribution in [2.75, 3.05) is 26.7 Å². The van der Waals surface area contributed by atoms with Gasteiger partial charge in [-0.2, -0.15) is 0 Å². The molecule has 1 aromatic carbocycles. The Balaban J connectivity index is 2.12. The van der Waals surface area contributed by atoms with Crippen LogP contribution in [0, 0.1) is 5.82 Å². The fourth-order valence-corrected chi connectivity index (χ4v) is 2.99. The number of carbonyl (C=O) groups is 1. The van der Waals surface area contributed by atoms with E-state index in [4.69, 9.17) is 0 Å². The lowest BCUT2D eigenvalue weighted by molar-refractivity contribution is -0.137. The number of aliphatic hydroxyl groups is 1. The first kappa shape index (κ1) is 16.9. The second-order valence-corrected chi connectivity index (χ2v) is 5.92. The summed E-state index contributed by atoms with van der Waals surface area (Å²) in [7, 11) is 1.97. The molecule has 2 rings (SSSR count). The summed E-state index contributed by atoms with van der Waals surface area (Å²) in [5, 5.41) is 9.25. The molecule has 1 heterocycles. The van der Waals surface area contributed by atoms with Gasteiger partial charge in [-0.15, -0.1) is 0 Å². The highest BCUT2D eigenvalue weighted by Crippen LogP contribution is 2.19. The predicted octanol–water partition coefficient (Wildman–Crippen LogP) is 2.02. The topological polar surface area (TPSA) is 43.8 Å². The van der Waals surface area contributed by atoms with E-state index in [9.17, 15) is 14.3 Å². The Morgan fingerprint density at radius 3 is 2.86 bits per heavy atom. The summed E-state index contributed by atoms with van der Waals surface area (Å²) in [6.07, 6.45) is 4.11. The van der Waals surface area contributed by atoms with Crippen LogP contribution in [0.4, 0.5) is 4.39 Å². The minimum atomic E-state index is -0.313. The standard InChI is InChI=1S/C17H25FN2O2/c1-19-10-6-2-3-9-16(19)17(22)20(11-12-21)13-14-7-4-5-8-15(14)18/h4-5,7-8,16,21H,2-3,6,9-13H2,1H3/t16-/m1/s1. The maximum atomic E-state index is 13.8. The summed E-state index contributed by atoms with van der Waals surface area (Å²) < 4.78 is 13.8. The highest BCUT2D eigenvalue weighted by atomic mass is 19.1. The van der Waals surface area contributed by atoms with Crippen molar-refractivity contribution in [3.8, 4) is 0 Å². The van der Waals surface area contributed by atoms with Gasteiger partial charge in [-0.1, -0.05) is 31.0 Å². The molecule has 0 aromatic heterocycles. The lowest BCUT2D eigenvalue weighted by atomic mass is 10.1. The Hall–Kier alpha value is -1.46. The number of nitrogens with zero attached hydrogens (tertiary/aromatic N) is 2. The monoisotopic (exact) mass is 308 g/mol. The third kappa shape index (κ3) is 4.27. The number of halogens is 1. The molecule has 1 fully saturated rings. The number of amides is 1. The van der Waals surface area contributed by atoms with Gasteiger partial charge in [0.1, 0.15) is 5.82 Å². The van der Waals surface area contributed by atoms with Crippen molar-refractivity contribution in [3.63, 3.8) is 0 Å². The van der Waals surface area contributed by atoms with Gasteiger partial charge in [0.25, 0.3) is 0 Å². The van der Waals surface area contributed by atoms with E-state index >= 15 is 0 Å². The van der Waals surface area contributed by atoms with Crippen molar-refractivity contribution in [3.05, 3.63) is 35.6 Å². The summed E-state index contributed by atoms with van der Waals surface area (Å²) in [5.41, 5.74) is 0.487. The van der Waals surface area contributed by atoms with E-state index in [1.807, 2.05) is 7.05 Å². The third-order valence-corrected chi connectivity index (χ3v) is 4.31. The molecule has 1 N–H and O–H groups in total. The minimum Gasteiger partial charge on any atom is -0.395 e. The Kier molecular flexibility index (Phi) is 6.34. The Bertz CT molecular complexity index is 495. The lowest BCUT2D eigenvalue weighted by Gasteiger charge is -2.31. The number of likely N-dealkylation sites (N-methyl/N-ethyl adjacent to an activating group) is 1. The molecule has 1 aliphatic heterocycles. The zero-order valence-electron chi connectivity index (χ0n) is 13.2. The molecule has 1 aromatic rings. The van der Waals surface area contributed by atoms with Gasteiger partial charge in [0.15, 0.2) is 0 Å². The van der Waals surface area contributed by atoms with Gasteiger partial charge in [0.2, 0.25) is 5.91 Å². The maximum Gasteiger partial charge on any atom is 0.240 e. The second-order valence-electron chi connectivity index (χ2n) is 5.92. The zero-order valence-corrected chi connectivity index (χ0v) is 13.2. The minimum absolute atomic E-state index is 0.0123. The molecule has 122 valence electrons. The van der Waals surface area contributed by atoms with Crippen LogP contribution in [0.5, 0.6) is 0 Å². The molecule has 0 aliphatic carbocycles. The molecule has 0 radical (unpaired) electrons. The van der Waals surface area contributed by atoms with Gasteiger partial charge in [-0.05, 0) is 32.5 Å². The molecule has 0 bridgehead atoms. The summed E-state index contributed by atoms with van der Waals surface area (Å²) >= 11 is 0. The number of hydrogen-bond acceptors (Lipinski definition) is 3. The largest absolute Gasteiger partial charge is 0.395 e. The Morgan fingerprint density at radius 1 is 1.36 bits per heavy atom. The average Bonchev–Trinajstić information content (AvgIpc) is 2.73. The summed E-state index contributed by atoms with van der Waals surface area (Å²) in [5.74, 6) is -0.325. The number of benzene rings is 1. The van der Waals surface area contributed by atoms with Crippen molar-refractivity contribution >= 4 is 5.91 Å². The smallest absolute Gasteiger partial charge is 0.240 e. The van der Waals surface area contributed by atoms with Crippen molar-refractivity contribution in [1.29, 1.82) is 0 Å². The zero-order chi connectivity index (χ0) is 15.9. The molecular formula is C17H25FN2O2. The quantitative estimate of drug-likeness (QED) is 0.905. The van der Waals surface area contributed by atoms with Crippen LogP contribution in [0.15, 0.2) is 24.3 Å². The van der Waals surface area contributed by atoms with Crippen LogP contribution >= 0.6 is 0 Å². The number of aliphatic hydroxyl groups excluding tert-OH is 1. The van der Waals surface area contributed by atoms with Crippen LogP contribution in [0.2, 0.25) is 0 Å². The molecule has 1 amide bonds. The molecular weight excluding hydrogens is 283 g/mol. The van der Waals surface area contributed by atoms with Gasteiger partial charge >= 0.3 is 0 Å². The molecule has 4 nitrogen and oxygen atoms in total. The fraction of sp³-hybridized carbons (Fsp3) is 0.588. The van der Waals surface area contributed by atoms with Crippen LogP contribution in [0.25, 0.3) is 0 Å². The summed E-state index contributed by atoms with van der Waals surface area (Å²) in [6.45, 7) is 1.23. The number of likely N-dealkylation sites (tertiary alicyclic amines) is 1. The van der Waals surface area contributed by atoms with Gasteiger partial charge in [0.05, 0.1) is 12.6 Å². The van der Waals surface area contributed by atoms with E-state index in [1.54, 1.807) is 23.1 Å². The van der Waals surface area contributed by atoms with Crippen molar-refractivity contribution in [2.24, 2.45) is 0 Å². The molecule has 0 spiro atoms. The molecule has 1 atom stereocenters. The lowest BCUT2D eigenvalue weighted by Crippen LogP contribution is -2.47. The second kappa shape index (κ2) is 8.25. The molecule has 1 aliphatic rings. The van der Waals surface area contributed by atoms with Gasteiger partial charge in [0, 0.05) is 18.7 Å². The van der Waals surface area contributed by atoms with Gasteiger partial charge < -0.3 is 10.0 Å². The first-order valence-electron chi connectivity index (χ1n) is 7.96. The van der Waals surface area contributed by atoms with Gasteiger partial charge in [-0.3, -0.25) is 9.69 Å². The SMILES string of the molecule is CN1CCCCC[C@@H]1C(=O)N(CCO)Cc1ccccc1F. The molecule has 1 saturated heterocycles. The van der Waals surface area contributed by atoms with E-state index in [2.05, 4.69) is 4.90 Å². The summed E-state index contributed by atoms with van der Waals surface area (Å²) in [4.78, 5) is 16.5. The van der Waals surface area contributed by atoms with Gasteiger partial charge in [-0.25, -0.2) is 4.39 Å². The first-order valence-corrected chi connectivity index (χ1v) is 7.96. The maximum absolute atomic E-state index is 13.8. The highest BCUT2D eigenvalue weighted by Gasteiger charge is 2.29. The third-order valence-electron chi connectivity index (χ3n) is 4.31. The van der Waals surface area contributed by atoms with E-state index in [1.165, 1.54) is 6.07 Å². The van der Waals surface area contributed by atoms with Crippen LogP contribution in [-0.4, -0.2) is 53.6 Å². The van der Waals surface area contributed by atoms with Crippen LogP contribution in [-0.2, 0) is 11.3 Å². The molecule has 0 unspecified atom stereocenters.